The number of ether oxygens (including phenoxy) is 1. The Kier molecular flexibility index (Phi) is 6.31. The molecule has 30 heavy (non-hydrogen) atoms. The van der Waals surface area contributed by atoms with Crippen molar-refractivity contribution in [3.05, 3.63) is 48.8 Å². The zero-order valence-corrected chi connectivity index (χ0v) is 17.6. The van der Waals surface area contributed by atoms with Crippen molar-refractivity contribution < 1.29 is 17.9 Å². The van der Waals surface area contributed by atoms with Crippen molar-refractivity contribution in [2.45, 2.75) is 17.7 Å². The lowest BCUT2D eigenvalue weighted by molar-refractivity contribution is -0.120. The summed E-state index contributed by atoms with van der Waals surface area (Å²) in [7, 11) is -3.56. The van der Waals surface area contributed by atoms with Gasteiger partial charge in [-0.15, -0.1) is 0 Å². The number of aromatic nitrogens is 1. The summed E-state index contributed by atoms with van der Waals surface area (Å²) in [6, 6.07) is 11.0. The average molecular weight is 431 g/mol. The number of nitrogens with one attached hydrogen (secondary N) is 1. The molecule has 0 bridgehead atoms. The highest BCUT2D eigenvalue weighted by molar-refractivity contribution is 7.89. The lowest BCUT2D eigenvalue weighted by atomic mass is 9.97. The van der Waals surface area contributed by atoms with Gasteiger partial charge in [0.15, 0.2) is 0 Å². The number of sulfonamides is 1. The molecule has 1 amide bonds. The second kappa shape index (κ2) is 9.11. The van der Waals surface area contributed by atoms with E-state index in [1.54, 1.807) is 18.3 Å². The smallest absolute Gasteiger partial charge is 0.244 e. The molecule has 0 atom stereocenters. The summed E-state index contributed by atoms with van der Waals surface area (Å²) in [5.41, 5.74) is 1.87. The van der Waals surface area contributed by atoms with Crippen LogP contribution in [0.1, 0.15) is 12.8 Å². The fourth-order valence-corrected chi connectivity index (χ4v) is 5.26. The Morgan fingerprint density at radius 3 is 2.37 bits per heavy atom. The van der Waals surface area contributed by atoms with Gasteiger partial charge in [0, 0.05) is 55.9 Å². The van der Waals surface area contributed by atoms with Crippen LogP contribution in [0.25, 0.3) is 0 Å². The van der Waals surface area contributed by atoms with Gasteiger partial charge in [-0.25, -0.2) is 8.42 Å². The minimum absolute atomic E-state index is 0.0625. The molecule has 0 spiro atoms. The largest absolute Gasteiger partial charge is 0.378 e. The molecule has 4 rings (SSSR count). The van der Waals surface area contributed by atoms with E-state index in [-0.39, 0.29) is 16.7 Å². The summed E-state index contributed by atoms with van der Waals surface area (Å²) >= 11 is 0. The highest BCUT2D eigenvalue weighted by Crippen LogP contribution is 2.25. The maximum Gasteiger partial charge on any atom is 0.244 e. The van der Waals surface area contributed by atoms with Gasteiger partial charge < -0.3 is 15.0 Å². The number of amides is 1. The molecule has 1 N–H and O–H groups in total. The number of morpholine rings is 1. The van der Waals surface area contributed by atoms with E-state index < -0.39 is 10.0 Å². The Hall–Kier alpha value is -2.49. The Morgan fingerprint density at radius 2 is 1.73 bits per heavy atom. The van der Waals surface area contributed by atoms with Crippen LogP contribution >= 0.6 is 0 Å². The third kappa shape index (κ3) is 4.63. The van der Waals surface area contributed by atoms with E-state index in [9.17, 15) is 13.2 Å². The number of piperidine rings is 1. The van der Waals surface area contributed by atoms with Crippen molar-refractivity contribution >= 4 is 27.3 Å². The molecule has 0 unspecified atom stereocenters. The zero-order valence-electron chi connectivity index (χ0n) is 16.7. The molecule has 8 nitrogen and oxygen atoms in total. The van der Waals surface area contributed by atoms with Gasteiger partial charge in [-0.3, -0.25) is 9.78 Å². The molecule has 2 saturated heterocycles. The minimum atomic E-state index is -3.56. The van der Waals surface area contributed by atoms with Crippen LogP contribution < -0.4 is 10.2 Å². The average Bonchev–Trinajstić information content (AvgIpc) is 2.81. The van der Waals surface area contributed by atoms with Gasteiger partial charge in [0.05, 0.1) is 13.2 Å². The molecule has 2 aliphatic heterocycles. The molecule has 3 heterocycles. The Bertz CT molecular complexity index is 952. The van der Waals surface area contributed by atoms with Crippen LogP contribution in [-0.2, 0) is 19.6 Å². The lowest BCUT2D eigenvalue weighted by Crippen LogP contribution is -2.41. The number of carbonyl (C=O) groups is 1. The molecular weight excluding hydrogens is 404 g/mol. The van der Waals surface area contributed by atoms with E-state index in [0.717, 1.165) is 37.7 Å². The van der Waals surface area contributed by atoms with E-state index in [1.165, 1.54) is 10.5 Å². The Balaban J connectivity index is 1.31. The van der Waals surface area contributed by atoms with Crippen LogP contribution in [0.5, 0.6) is 0 Å². The molecular formula is C21H26N4O4S. The predicted molar refractivity (Wildman–Crippen MR) is 114 cm³/mol. The maximum absolute atomic E-state index is 12.7. The van der Waals surface area contributed by atoms with Crippen LogP contribution in [-0.4, -0.2) is 63.0 Å². The second-order valence-electron chi connectivity index (χ2n) is 7.50. The maximum atomic E-state index is 12.7. The van der Waals surface area contributed by atoms with Crippen molar-refractivity contribution in [2.24, 2.45) is 5.92 Å². The quantitative estimate of drug-likeness (QED) is 0.780. The van der Waals surface area contributed by atoms with Crippen LogP contribution in [0.15, 0.2) is 53.7 Å². The van der Waals surface area contributed by atoms with Crippen molar-refractivity contribution in [2.75, 3.05) is 49.6 Å². The first-order chi connectivity index (χ1) is 14.5. The second-order valence-corrected chi connectivity index (χ2v) is 9.44. The lowest BCUT2D eigenvalue weighted by Gasteiger charge is -2.30. The molecule has 2 aromatic rings. The topological polar surface area (TPSA) is 91.8 Å². The van der Waals surface area contributed by atoms with Gasteiger partial charge in [0.1, 0.15) is 4.90 Å². The summed E-state index contributed by atoms with van der Waals surface area (Å²) in [5, 5.41) is 2.97. The number of hydrogen-bond acceptors (Lipinski definition) is 6. The van der Waals surface area contributed by atoms with Crippen molar-refractivity contribution in [1.82, 2.24) is 9.29 Å². The number of anilines is 2. The molecule has 1 aromatic carbocycles. The number of rotatable bonds is 5. The molecule has 160 valence electrons. The number of hydrogen-bond donors (Lipinski definition) is 1. The first kappa shape index (κ1) is 20.8. The van der Waals surface area contributed by atoms with Crippen LogP contribution in [0.2, 0.25) is 0 Å². The van der Waals surface area contributed by atoms with Crippen molar-refractivity contribution in [3.63, 3.8) is 0 Å². The van der Waals surface area contributed by atoms with E-state index in [2.05, 4.69) is 15.2 Å². The van der Waals surface area contributed by atoms with Gasteiger partial charge in [-0.1, -0.05) is 0 Å². The third-order valence-electron chi connectivity index (χ3n) is 5.61. The SMILES string of the molecule is O=C(Nc1ccc(N2CCOCC2)cc1)C1CCN(S(=O)(=O)c2cccnc2)CC1. The fourth-order valence-electron chi connectivity index (χ4n) is 3.83. The van der Waals surface area contributed by atoms with Crippen LogP contribution in [0, 0.1) is 5.92 Å². The van der Waals surface area contributed by atoms with E-state index in [0.29, 0.717) is 25.9 Å². The van der Waals surface area contributed by atoms with Crippen molar-refractivity contribution in [3.8, 4) is 0 Å². The highest BCUT2D eigenvalue weighted by Gasteiger charge is 2.32. The summed E-state index contributed by atoms with van der Waals surface area (Å²) in [5.74, 6) is -0.267. The number of benzene rings is 1. The number of pyridine rings is 1. The highest BCUT2D eigenvalue weighted by atomic mass is 32.2. The van der Waals surface area contributed by atoms with Crippen molar-refractivity contribution in [1.29, 1.82) is 0 Å². The van der Waals surface area contributed by atoms with Gasteiger partial charge in [0.2, 0.25) is 15.9 Å². The summed E-state index contributed by atoms with van der Waals surface area (Å²) in [6.07, 6.45) is 3.89. The summed E-state index contributed by atoms with van der Waals surface area (Å²) in [4.78, 5) is 19.0. The molecule has 1 aromatic heterocycles. The van der Waals surface area contributed by atoms with E-state index in [1.807, 2.05) is 24.3 Å². The molecule has 9 heteroatoms. The fraction of sp³-hybridized carbons (Fsp3) is 0.429. The molecule has 2 fully saturated rings. The predicted octanol–water partition coefficient (Wildman–Crippen LogP) is 1.96. The summed E-state index contributed by atoms with van der Waals surface area (Å²) in [6.45, 7) is 3.84. The molecule has 0 radical (unpaired) electrons. The van der Waals surface area contributed by atoms with Crippen LogP contribution in [0.3, 0.4) is 0 Å². The summed E-state index contributed by atoms with van der Waals surface area (Å²) < 4.78 is 32.2. The number of carbonyl (C=O) groups excluding carboxylic acids is 1. The number of nitrogens with zero attached hydrogens (tertiary/aromatic N) is 3. The van der Waals surface area contributed by atoms with Gasteiger partial charge in [-0.05, 0) is 49.2 Å². The monoisotopic (exact) mass is 430 g/mol. The van der Waals surface area contributed by atoms with E-state index >= 15 is 0 Å². The molecule has 2 aliphatic rings. The molecule has 0 saturated carbocycles. The molecule has 0 aliphatic carbocycles. The minimum Gasteiger partial charge on any atom is -0.378 e. The van der Waals surface area contributed by atoms with Crippen LogP contribution in [0.4, 0.5) is 11.4 Å². The van der Waals surface area contributed by atoms with Gasteiger partial charge >= 0.3 is 0 Å². The first-order valence-corrected chi connectivity index (χ1v) is 11.6. The zero-order chi connectivity index (χ0) is 21.0. The third-order valence-corrected chi connectivity index (χ3v) is 7.49. The standard InChI is InChI=1S/C21H26N4O4S/c26-21(23-18-3-5-19(6-4-18)24-12-14-29-15-13-24)17-7-10-25(11-8-17)30(27,28)20-2-1-9-22-16-20/h1-6,9,16-17H,7-8,10-15H2,(H,23,26). The Morgan fingerprint density at radius 1 is 1.03 bits per heavy atom. The normalized spacial score (nSPS) is 18.9. The van der Waals surface area contributed by atoms with Gasteiger partial charge in [-0.2, -0.15) is 4.31 Å². The van der Waals surface area contributed by atoms with Gasteiger partial charge in [0.25, 0.3) is 0 Å². The first-order valence-electron chi connectivity index (χ1n) is 10.2. The Labute approximate surface area is 176 Å². The van der Waals surface area contributed by atoms with E-state index in [4.69, 9.17) is 4.74 Å².